The highest BCUT2D eigenvalue weighted by molar-refractivity contribution is 6.60. The minimum Gasteiger partial charge on any atom is -0.421 e. The van der Waals surface area contributed by atoms with Crippen LogP contribution in [-0.4, -0.2) is 12.1 Å². The second-order valence-electron chi connectivity index (χ2n) is 2.26. The van der Waals surface area contributed by atoms with Crippen LogP contribution in [0.5, 0.6) is 0 Å². The van der Waals surface area contributed by atoms with Crippen LogP contribution in [0.4, 0.5) is 10.2 Å². The van der Waals surface area contributed by atoms with Gasteiger partial charge in [-0.2, -0.15) is 0 Å². The predicted octanol–water partition coefficient (Wildman–Crippen LogP) is 0.511. The maximum Gasteiger partial charge on any atom is 0.530 e. The SMILES string of the molecule is Nc1cc(Cl)cc(B(O)OF)c1. The van der Waals surface area contributed by atoms with Gasteiger partial charge in [0.2, 0.25) is 0 Å². The molecule has 0 aliphatic carbocycles. The molecule has 12 heavy (non-hydrogen) atoms. The van der Waals surface area contributed by atoms with Crippen molar-refractivity contribution in [2.45, 2.75) is 0 Å². The summed E-state index contributed by atoms with van der Waals surface area (Å²) in [5.74, 6) is 0. The lowest BCUT2D eigenvalue weighted by Crippen LogP contribution is -2.31. The van der Waals surface area contributed by atoms with Crippen molar-refractivity contribution in [1.82, 2.24) is 0 Å². The molecule has 6 heteroatoms. The number of halogens is 2. The van der Waals surface area contributed by atoms with Gasteiger partial charge < -0.3 is 10.8 Å². The molecule has 3 N–H and O–H groups in total. The minimum atomic E-state index is -1.63. The van der Waals surface area contributed by atoms with Gasteiger partial charge in [0.15, 0.2) is 0 Å². The zero-order valence-corrected chi connectivity index (χ0v) is 6.75. The molecule has 0 aliphatic rings. The van der Waals surface area contributed by atoms with E-state index in [1.165, 1.54) is 18.2 Å². The Morgan fingerprint density at radius 3 is 2.67 bits per heavy atom. The molecule has 0 radical (unpaired) electrons. The average Bonchev–Trinajstić information content (AvgIpc) is 2.01. The van der Waals surface area contributed by atoms with Crippen molar-refractivity contribution >= 4 is 29.9 Å². The fraction of sp³-hybridized carbons (Fsp3) is 0. The molecule has 0 fully saturated rings. The molecule has 0 saturated carbocycles. The maximum atomic E-state index is 11.5. The normalized spacial score (nSPS) is 9.92. The molecule has 64 valence electrons. The van der Waals surface area contributed by atoms with Crippen LogP contribution in [0, 0.1) is 0 Å². The number of hydrogen-bond acceptors (Lipinski definition) is 3. The highest BCUT2D eigenvalue weighted by Gasteiger charge is 2.18. The first-order valence-corrected chi connectivity index (χ1v) is 3.52. The van der Waals surface area contributed by atoms with Gasteiger partial charge in [-0.1, -0.05) is 16.1 Å². The fourth-order valence-corrected chi connectivity index (χ4v) is 1.08. The Morgan fingerprint density at radius 1 is 1.50 bits per heavy atom. The van der Waals surface area contributed by atoms with Crippen molar-refractivity contribution in [3.05, 3.63) is 23.2 Å². The quantitative estimate of drug-likeness (QED) is 0.526. The molecule has 3 nitrogen and oxygen atoms in total. The summed E-state index contributed by atoms with van der Waals surface area (Å²) in [6.45, 7) is 0. The highest BCUT2D eigenvalue weighted by Crippen LogP contribution is 2.10. The van der Waals surface area contributed by atoms with Gasteiger partial charge >= 0.3 is 7.12 Å². The molecule has 0 heterocycles. The van der Waals surface area contributed by atoms with Gasteiger partial charge in [0.1, 0.15) is 0 Å². The van der Waals surface area contributed by atoms with Crippen LogP contribution < -0.4 is 11.2 Å². The summed E-state index contributed by atoms with van der Waals surface area (Å²) < 4.78 is 11.5. The molecule has 1 aromatic carbocycles. The zero-order valence-electron chi connectivity index (χ0n) is 6.00. The van der Waals surface area contributed by atoms with E-state index in [2.05, 4.69) is 4.86 Å². The Balaban J connectivity index is 3.00. The Labute approximate surface area is 73.9 Å². The van der Waals surface area contributed by atoms with Crippen molar-refractivity contribution < 1.29 is 14.4 Å². The average molecular weight is 189 g/mol. The topological polar surface area (TPSA) is 55.5 Å². The van der Waals surface area contributed by atoms with Gasteiger partial charge in [0.25, 0.3) is 0 Å². The van der Waals surface area contributed by atoms with Crippen molar-refractivity contribution in [2.24, 2.45) is 0 Å². The summed E-state index contributed by atoms with van der Waals surface area (Å²) in [6, 6.07) is 4.22. The number of nitrogens with two attached hydrogens (primary N) is 1. The third-order valence-electron chi connectivity index (χ3n) is 1.31. The van der Waals surface area contributed by atoms with Crippen molar-refractivity contribution in [3.63, 3.8) is 0 Å². The van der Waals surface area contributed by atoms with E-state index in [9.17, 15) is 4.53 Å². The molecule has 1 rings (SSSR count). The van der Waals surface area contributed by atoms with Crippen LogP contribution in [0.2, 0.25) is 5.02 Å². The lowest BCUT2D eigenvalue weighted by molar-refractivity contribution is -0.0267. The number of hydrogen-bond donors (Lipinski definition) is 2. The minimum absolute atomic E-state index is 0.183. The van der Waals surface area contributed by atoms with Gasteiger partial charge in [0.05, 0.1) is 0 Å². The largest absolute Gasteiger partial charge is 0.530 e. The molecule has 0 aliphatic heterocycles. The first-order chi connectivity index (χ1) is 5.63. The van der Waals surface area contributed by atoms with Gasteiger partial charge in [-0.05, 0) is 23.7 Å². The molecule has 0 atom stereocenters. The molecular weight excluding hydrogens is 183 g/mol. The maximum absolute atomic E-state index is 11.5. The molecule has 1 aromatic rings. The van der Waals surface area contributed by atoms with E-state index in [1.807, 2.05) is 0 Å². The molecule has 0 saturated heterocycles. The standard InChI is InChI=1S/C6H6BClFNO2/c8-5-1-4(7(11)12-9)2-6(10)3-5/h1-3,11H,10H2. The van der Waals surface area contributed by atoms with Gasteiger partial charge in [-0.3, -0.25) is 0 Å². The van der Waals surface area contributed by atoms with E-state index in [0.717, 1.165) is 0 Å². The Bertz CT molecular complexity index is 266. The first kappa shape index (κ1) is 9.31. The molecule has 0 unspecified atom stereocenters. The van der Waals surface area contributed by atoms with Gasteiger partial charge in [-0.15, -0.1) is 0 Å². The smallest absolute Gasteiger partial charge is 0.421 e. The Kier molecular flexibility index (Phi) is 2.91. The van der Waals surface area contributed by atoms with E-state index in [-0.39, 0.29) is 5.46 Å². The van der Waals surface area contributed by atoms with E-state index in [1.54, 1.807) is 0 Å². The van der Waals surface area contributed by atoms with Crippen LogP contribution in [0.25, 0.3) is 0 Å². The predicted molar refractivity (Wildman–Crippen MR) is 45.7 cm³/mol. The number of anilines is 1. The third-order valence-corrected chi connectivity index (χ3v) is 1.53. The van der Waals surface area contributed by atoms with Crippen LogP contribution in [0.3, 0.4) is 0 Å². The summed E-state index contributed by atoms with van der Waals surface area (Å²) in [6.07, 6.45) is 0. The van der Waals surface area contributed by atoms with Crippen LogP contribution in [0.1, 0.15) is 0 Å². The summed E-state index contributed by atoms with van der Waals surface area (Å²) >= 11 is 5.58. The second-order valence-corrected chi connectivity index (χ2v) is 2.70. The van der Waals surface area contributed by atoms with Crippen molar-refractivity contribution in [1.29, 1.82) is 0 Å². The number of benzene rings is 1. The zero-order chi connectivity index (χ0) is 9.14. The molecular formula is C6H6BClFNO2. The summed E-state index contributed by atoms with van der Waals surface area (Å²) in [5.41, 5.74) is 5.90. The van der Waals surface area contributed by atoms with Crippen LogP contribution >= 0.6 is 11.6 Å². The fourth-order valence-electron chi connectivity index (χ4n) is 0.830. The number of rotatable bonds is 2. The summed E-state index contributed by atoms with van der Waals surface area (Å²) in [5, 5.41) is 9.19. The van der Waals surface area contributed by atoms with E-state index in [4.69, 9.17) is 22.4 Å². The molecule has 0 amide bonds. The van der Waals surface area contributed by atoms with E-state index in [0.29, 0.717) is 10.7 Å². The van der Waals surface area contributed by atoms with Crippen molar-refractivity contribution in [2.75, 3.05) is 5.73 Å². The summed E-state index contributed by atoms with van der Waals surface area (Å²) in [4.78, 5) is 3.19. The lowest BCUT2D eigenvalue weighted by atomic mass is 9.80. The monoisotopic (exact) mass is 189 g/mol. The molecule has 0 spiro atoms. The van der Waals surface area contributed by atoms with Gasteiger partial charge in [-0.25, -0.2) is 4.86 Å². The summed E-state index contributed by atoms with van der Waals surface area (Å²) in [7, 11) is -1.63. The van der Waals surface area contributed by atoms with Crippen LogP contribution in [-0.2, 0) is 4.86 Å². The molecule has 0 bridgehead atoms. The van der Waals surface area contributed by atoms with Crippen molar-refractivity contribution in [3.8, 4) is 0 Å². The highest BCUT2D eigenvalue weighted by atomic mass is 35.5. The molecule has 0 aromatic heterocycles. The lowest BCUT2D eigenvalue weighted by Gasteiger charge is -2.02. The number of nitrogen functional groups attached to an aromatic ring is 1. The van der Waals surface area contributed by atoms with E-state index >= 15 is 0 Å². The first-order valence-electron chi connectivity index (χ1n) is 3.15. The third kappa shape index (κ3) is 2.10. The Morgan fingerprint density at radius 2 is 2.17 bits per heavy atom. The van der Waals surface area contributed by atoms with E-state index < -0.39 is 7.12 Å². The van der Waals surface area contributed by atoms with Gasteiger partial charge in [0, 0.05) is 10.7 Å². The second kappa shape index (κ2) is 3.75. The van der Waals surface area contributed by atoms with Crippen LogP contribution in [0.15, 0.2) is 18.2 Å². The Hall–Kier alpha value is -0.775.